The number of hydrogen-bond acceptors (Lipinski definition) is 22. The molecule has 4 aromatic heterocycles. The SMILES string of the molecule is CC(=Nc1ccc([N+](=O)[O-])cc1C)c1cccc(C(C)=Nc2ccc([N+](=O)[O-])cc2C)n1.COc1ccc(N=C(C)c2cccc(C(C)=Nc3ccc(C)cc3C)n2)c(C)c1.COc1ccc(N=C(c2ccccc2)c2cccc(C(=Nc3ccc(C)cc3C)c3ccccc3)n2)c(C)c1.Cc1cc([N+](=O)[O-])ccc1N=C(c1ccccc1)c1cccc(C(=Nc2ccc([N+](=O)[O-])cc2C)c2ccccc2)n1. The summed E-state index contributed by atoms with van der Waals surface area (Å²) in [5.41, 5.74) is 30.9. The summed E-state index contributed by atoms with van der Waals surface area (Å²) in [5, 5.41) is 44.4. The Morgan fingerprint density at radius 3 is 0.613 bits per heavy atom. The van der Waals surface area contributed by atoms with E-state index in [-0.39, 0.29) is 22.7 Å². The maximum Gasteiger partial charge on any atom is 0.269 e. The Morgan fingerprint density at radius 1 is 0.218 bits per heavy atom. The number of nitro groups is 4. The number of non-ortho nitro benzene ring substituents is 4. The summed E-state index contributed by atoms with van der Waals surface area (Å²) in [7, 11) is 3.34. The van der Waals surface area contributed by atoms with Gasteiger partial charge in [0.2, 0.25) is 0 Å². The Balaban J connectivity index is 0.000000161. The first-order valence-corrected chi connectivity index (χ1v) is 45.5. The van der Waals surface area contributed by atoms with Crippen molar-refractivity contribution in [2.24, 2.45) is 39.9 Å². The molecule has 0 aliphatic carbocycles. The second-order valence-corrected chi connectivity index (χ2v) is 33.5. The van der Waals surface area contributed by atoms with Gasteiger partial charge < -0.3 is 9.47 Å². The molecule has 12 aromatic carbocycles. The lowest BCUT2D eigenvalue weighted by Gasteiger charge is -2.13. The summed E-state index contributed by atoms with van der Waals surface area (Å²) in [6.07, 6.45) is 0. The zero-order valence-electron chi connectivity index (χ0n) is 81.6. The lowest BCUT2D eigenvalue weighted by molar-refractivity contribution is -0.385. The van der Waals surface area contributed by atoms with E-state index >= 15 is 0 Å². The van der Waals surface area contributed by atoms with E-state index in [1.165, 1.54) is 59.7 Å². The molecular weight excluding hydrogens is 1780 g/mol. The average molecular weight is 1880 g/mol. The molecule has 0 bridgehead atoms. The third-order valence-electron chi connectivity index (χ3n) is 22.8. The zero-order chi connectivity index (χ0) is 101. The third-order valence-corrected chi connectivity index (χ3v) is 22.8. The highest BCUT2D eigenvalue weighted by atomic mass is 16.6. The largest absolute Gasteiger partial charge is 0.497 e. The van der Waals surface area contributed by atoms with Gasteiger partial charge in [0.25, 0.3) is 22.7 Å². The first-order chi connectivity index (χ1) is 68.3. The number of nitrogens with zero attached hydrogens (tertiary/aromatic N) is 16. The molecule has 26 heteroatoms. The van der Waals surface area contributed by atoms with Gasteiger partial charge in [-0.3, -0.25) is 60.4 Å². The number of aromatic nitrogens is 4. The fourth-order valence-electron chi connectivity index (χ4n) is 15.1. The predicted octanol–water partition coefficient (Wildman–Crippen LogP) is 28.3. The van der Waals surface area contributed by atoms with Crippen LogP contribution in [0.25, 0.3) is 0 Å². The van der Waals surface area contributed by atoms with Crippen LogP contribution in [0.3, 0.4) is 0 Å². The van der Waals surface area contributed by atoms with E-state index in [2.05, 4.69) is 103 Å². The van der Waals surface area contributed by atoms with Crippen LogP contribution in [0.15, 0.2) is 380 Å². The van der Waals surface area contributed by atoms with Crippen molar-refractivity contribution in [1.29, 1.82) is 0 Å². The van der Waals surface area contributed by atoms with Crippen molar-refractivity contribution < 1.29 is 29.2 Å². The number of aliphatic imine (C=N–C) groups is 8. The van der Waals surface area contributed by atoms with Crippen molar-refractivity contribution in [3.05, 3.63) is 504 Å². The van der Waals surface area contributed by atoms with Crippen LogP contribution < -0.4 is 9.47 Å². The van der Waals surface area contributed by atoms with Crippen molar-refractivity contribution in [1.82, 2.24) is 19.9 Å². The number of benzene rings is 12. The first kappa shape index (κ1) is 101. The normalized spacial score (nSPS) is 11.9. The van der Waals surface area contributed by atoms with Gasteiger partial charge in [0.05, 0.1) is 171 Å². The Morgan fingerprint density at radius 2 is 0.408 bits per heavy atom. The Kier molecular flexibility index (Phi) is 33.9. The Bertz CT molecular complexity index is 7440. The molecule has 708 valence electrons. The van der Waals surface area contributed by atoms with E-state index in [4.69, 9.17) is 54.4 Å². The maximum absolute atomic E-state index is 11.3. The van der Waals surface area contributed by atoms with Crippen molar-refractivity contribution in [2.45, 2.75) is 96.9 Å². The number of aryl methyl sites for hydroxylation is 10. The molecule has 0 amide bonds. The van der Waals surface area contributed by atoms with E-state index in [9.17, 15) is 40.5 Å². The van der Waals surface area contributed by atoms with Gasteiger partial charge in [-0.1, -0.05) is 181 Å². The molecule has 16 rings (SSSR count). The minimum atomic E-state index is -0.437. The molecule has 16 aromatic rings. The number of rotatable bonds is 26. The average Bonchev–Trinajstić information content (AvgIpc) is 0.800. The van der Waals surface area contributed by atoms with Gasteiger partial charge in [0.1, 0.15) is 11.5 Å². The van der Waals surface area contributed by atoms with Crippen LogP contribution >= 0.6 is 0 Å². The van der Waals surface area contributed by atoms with Crippen LogP contribution in [-0.4, -0.2) is 99.5 Å². The van der Waals surface area contributed by atoms with Crippen molar-refractivity contribution in [2.75, 3.05) is 14.2 Å². The highest BCUT2D eigenvalue weighted by Gasteiger charge is 2.22. The van der Waals surface area contributed by atoms with Crippen molar-refractivity contribution in [3.8, 4) is 11.5 Å². The Labute approximate surface area is 824 Å². The van der Waals surface area contributed by atoms with Gasteiger partial charge >= 0.3 is 0 Å². The molecule has 0 saturated heterocycles. The minimum Gasteiger partial charge on any atom is -0.497 e. The fourth-order valence-corrected chi connectivity index (χ4v) is 15.1. The van der Waals surface area contributed by atoms with Crippen LogP contribution in [0.5, 0.6) is 11.5 Å². The number of methoxy groups -OCH3 is 2. The molecule has 0 spiro atoms. The lowest BCUT2D eigenvalue weighted by atomic mass is 10.0. The predicted molar refractivity (Wildman–Crippen MR) is 570 cm³/mol. The molecule has 0 radical (unpaired) electrons. The van der Waals surface area contributed by atoms with Gasteiger partial charge in [-0.25, -0.2) is 39.9 Å². The van der Waals surface area contributed by atoms with E-state index in [0.29, 0.717) is 90.6 Å². The number of nitro benzene ring substituents is 4. The van der Waals surface area contributed by atoms with Crippen LogP contribution in [0, 0.1) is 110 Å². The summed E-state index contributed by atoms with van der Waals surface area (Å²) in [6.45, 7) is 27.1. The summed E-state index contributed by atoms with van der Waals surface area (Å²) >= 11 is 0. The lowest BCUT2D eigenvalue weighted by Crippen LogP contribution is -2.11. The summed E-state index contributed by atoms with van der Waals surface area (Å²) in [4.78, 5) is 101. The van der Waals surface area contributed by atoms with Gasteiger partial charge in [-0.15, -0.1) is 0 Å². The topological polar surface area (TPSA) is 341 Å². The molecule has 26 nitrogen and oxygen atoms in total. The number of pyridine rings is 4. The molecule has 0 fully saturated rings. The standard InChI is InChI=1S/C35H31N3O.C33H25N5O4.C25H27N3O.C23H21N5O4/c1-24-18-20-30(25(2)22-24)37-34(27-12-7-5-8-13-27)32-16-11-17-33(36-32)35(28-14-9-6-10-15-28)38-31-21-19-29(39-4)23-26(31)3;1-22-20-26(37(39)40)16-18-28(22)35-32(24-10-5-3-6-11-24)30-14-9-15-31(34-30)33(25-12-7-4-8-13-25)36-29-19-17-27(38(41)42)21-23(29)2;1-16-10-12-22(17(2)14-16)26-19(4)24-8-7-9-25(28-24)20(5)27-23-13-11-21(29-6)15-18(23)3;1-14-12-18(27(29)30)8-10-20(14)24-16(3)22-6-5-7-23(26-22)17(4)25-21-11-9-19(28(31)32)13-15(21)2/h5-23H,1-4H3;3-21H,1-2H3;7-15H,1-6H3;5-13H,1-4H3. The summed E-state index contributed by atoms with van der Waals surface area (Å²) < 4.78 is 10.7. The molecular formula is C116H104N16O10. The van der Waals surface area contributed by atoms with Crippen molar-refractivity contribution in [3.63, 3.8) is 0 Å². The van der Waals surface area contributed by atoms with Crippen LogP contribution in [0.2, 0.25) is 0 Å². The van der Waals surface area contributed by atoms with Crippen molar-refractivity contribution >= 4 is 114 Å². The molecule has 0 aliphatic rings. The third kappa shape index (κ3) is 26.7. The summed E-state index contributed by atoms with van der Waals surface area (Å²) in [5.74, 6) is 1.64. The van der Waals surface area contributed by atoms with Gasteiger partial charge in [0.15, 0.2) is 0 Å². The van der Waals surface area contributed by atoms with E-state index in [1.54, 1.807) is 66.2 Å². The van der Waals surface area contributed by atoms with E-state index in [0.717, 1.165) is 124 Å². The summed E-state index contributed by atoms with van der Waals surface area (Å²) in [6, 6.07) is 105. The fraction of sp³-hybridized carbons (Fsp3) is 0.138. The number of hydrogen-bond donors (Lipinski definition) is 0. The zero-order valence-corrected chi connectivity index (χ0v) is 81.6. The Hall–Kier alpha value is -18.2. The first-order valence-electron chi connectivity index (χ1n) is 45.5. The quantitative estimate of drug-likeness (QED) is 0.0276. The molecule has 0 N–H and O–H groups in total. The van der Waals surface area contributed by atoms with Gasteiger partial charge in [-0.05, 0) is 263 Å². The van der Waals surface area contributed by atoms with Crippen LogP contribution in [-0.2, 0) is 0 Å². The maximum atomic E-state index is 11.3. The molecule has 0 atom stereocenters. The molecule has 142 heavy (non-hydrogen) atoms. The second kappa shape index (κ2) is 47.5. The molecule has 0 aliphatic heterocycles. The number of ether oxygens (including phenoxy) is 2. The molecule has 0 unspecified atom stereocenters. The second-order valence-electron chi connectivity index (χ2n) is 33.5. The van der Waals surface area contributed by atoms with Gasteiger partial charge in [-0.2, -0.15) is 0 Å². The van der Waals surface area contributed by atoms with Gasteiger partial charge in [0, 0.05) is 70.8 Å². The van der Waals surface area contributed by atoms with E-state index in [1.807, 2.05) is 248 Å². The smallest absolute Gasteiger partial charge is 0.269 e. The van der Waals surface area contributed by atoms with Crippen LogP contribution in [0.4, 0.5) is 68.2 Å². The monoisotopic (exact) mass is 1880 g/mol. The molecule has 0 saturated carbocycles. The highest BCUT2D eigenvalue weighted by Crippen LogP contribution is 2.35. The van der Waals surface area contributed by atoms with E-state index < -0.39 is 19.7 Å². The minimum absolute atomic E-state index is 0.00177. The molecule has 4 heterocycles. The van der Waals surface area contributed by atoms with Crippen LogP contribution in [0.1, 0.15) is 151 Å². The highest BCUT2D eigenvalue weighted by molar-refractivity contribution is 6.18.